The molecular weight excluding hydrogens is 276 g/mol. The summed E-state index contributed by atoms with van der Waals surface area (Å²) in [4.78, 5) is 37.6. The number of hydrogen-bond donors (Lipinski definition) is 1. The first kappa shape index (κ1) is 17.3. The van der Waals surface area contributed by atoms with Gasteiger partial charge >= 0.3 is 18.0 Å². The second-order valence-corrected chi connectivity index (χ2v) is 5.56. The number of amides is 2. The van der Waals surface area contributed by atoms with E-state index in [1.807, 2.05) is 6.92 Å². The third-order valence-electron chi connectivity index (χ3n) is 3.82. The van der Waals surface area contributed by atoms with Crippen LogP contribution in [0.15, 0.2) is 0 Å². The Labute approximate surface area is 124 Å². The number of carboxylic acids is 1. The van der Waals surface area contributed by atoms with Crippen molar-refractivity contribution in [3.8, 4) is 0 Å². The Hall–Kier alpha value is -1.79. The lowest BCUT2D eigenvalue weighted by atomic mass is 9.93. The number of piperidine rings is 1. The fraction of sp³-hybridized carbons (Fsp3) is 0.786. The fourth-order valence-electron chi connectivity index (χ4n) is 2.48. The minimum Gasteiger partial charge on any atom is -0.480 e. The van der Waals surface area contributed by atoms with Crippen molar-refractivity contribution in [2.45, 2.75) is 38.6 Å². The molecule has 2 amide bonds. The first-order valence-electron chi connectivity index (χ1n) is 7.18. The van der Waals surface area contributed by atoms with Gasteiger partial charge in [-0.05, 0) is 25.2 Å². The van der Waals surface area contributed by atoms with Crippen molar-refractivity contribution in [3.63, 3.8) is 0 Å². The van der Waals surface area contributed by atoms with Crippen LogP contribution in [0.1, 0.15) is 32.6 Å². The standard InChI is InChI=1S/C14H24N2O5/c1-10-6-8-16(11(9-10)13(18)19)14(20)15(2)7-4-5-12(17)21-3/h10-11H,4-9H2,1-3H3,(H,18,19). The van der Waals surface area contributed by atoms with Crippen molar-refractivity contribution in [2.24, 2.45) is 5.92 Å². The van der Waals surface area contributed by atoms with Crippen molar-refractivity contribution >= 4 is 18.0 Å². The van der Waals surface area contributed by atoms with Gasteiger partial charge in [0, 0.05) is 26.6 Å². The average molecular weight is 300 g/mol. The molecule has 0 aliphatic carbocycles. The molecule has 2 unspecified atom stereocenters. The zero-order chi connectivity index (χ0) is 16.0. The molecule has 7 heteroatoms. The van der Waals surface area contributed by atoms with E-state index in [1.54, 1.807) is 7.05 Å². The molecule has 2 atom stereocenters. The van der Waals surface area contributed by atoms with Crippen LogP contribution in [0, 0.1) is 5.92 Å². The zero-order valence-corrected chi connectivity index (χ0v) is 12.9. The van der Waals surface area contributed by atoms with E-state index >= 15 is 0 Å². The molecular formula is C14H24N2O5. The van der Waals surface area contributed by atoms with E-state index in [9.17, 15) is 19.5 Å². The lowest BCUT2D eigenvalue weighted by Crippen LogP contribution is -2.53. The van der Waals surface area contributed by atoms with Crippen LogP contribution < -0.4 is 0 Å². The van der Waals surface area contributed by atoms with Crippen LogP contribution in [0.25, 0.3) is 0 Å². The van der Waals surface area contributed by atoms with Crippen molar-refractivity contribution in [2.75, 3.05) is 27.2 Å². The Balaban J connectivity index is 2.55. The molecule has 1 saturated heterocycles. The molecule has 1 aliphatic heterocycles. The molecule has 0 aromatic heterocycles. The Morgan fingerprint density at radius 3 is 2.62 bits per heavy atom. The molecule has 0 bridgehead atoms. The SMILES string of the molecule is COC(=O)CCCN(C)C(=O)N1CCC(C)CC1C(=O)O. The van der Waals surface area contributed by atoms with E-state index in [4.69, 9.17) is 0 Å². The molecule has 0 aromatic carbocycles. The Kier molecular flexibility index (Phi) is 6.45. The molecule has 1 rings (SSSR count). The Morgan fingerprint density at radius 2 is 2.05 bits per heavy atom. The highest BCUT2D eigenvalue weighted by atomic mass is 16.5. The average Bonchev–Trinajstić information content (AvgIpc) is 2.45. The lowest BCUT2D eigenvalue weighted by Gasteiger charge is -2.38. The summed E-state index contributed by atoms with van der Waals surface area (Å²) < 4.78 is 4.54. The number of carbonyl (C=O) groups excluding carboxylic acids is 2. The number of rotatable bonds is 5. The third-order valence-corrected chi connectivity index (χ3v) is 3.82. The molecule has 1 aliphatic rings. The van der Waals surface area contributed by atoms with Gasteiger partial charge in [-0.1, -0.05) is 6.92 Å². The van der Waals surface area contributed by atoms with Gasteiger partial charge in [-0.2, -0.15) is 0 Å². The number of likely N-dealkylation sites (tertiary alicyclic amines) is 1. The van der Waals surface area contributed by atoms with Gasteiger partial charge in [0.25, 0.3) is 0 Å². The highest BCUT2D eigenvalue weighted by Crippen LogP contribution is 2.23. The number of methoxy groups -OCH3 is 1. The number of hydrogen-bond acceptors (Lipinski definition) is 4. The van der Waals surface area contributed by atoms with E-state index in [-0.39, 0.29) is 18.4 Å². The summed E-state index contributed by atoms with van der Waals surface area (Å²) in [7, 11) is 2.94. The van der Waals surface area contributed by atoms with E-state index in [0.717, 1.165) is 6.42 Å². The monoisotopic (exact) mass is 300 g/mol. The van der Waals surface area contributed by atoms with E-state index in [2.05, 4.69) is 4.74 Å². The van der Waals surface area contributed by atoms with E-state index in [0.29, 0.717) is 31.8 Å². The molecule has 1 fully saturated rings. The summed E-state index contributed by atoms with van der Waals surface area (Å²) in [5.74, 6) is -0.969. The first-order chi connectivity index (χ1) is 9.86. The van der Waals surface area contributed by atoms with Crippen LogP contribution in [-0.4, -0.2) is 66.2 Å². The Morgan fingerprint density at radius 1 is 1.38 bits per heavy atom. The van der Waals surface area contributed by atoms with Crippen LogP contribution in [0.4, 0.5) is 4.79 Å². The second kappa shape index (κ2) is 7.85. The molecule has 1 heterocycles. The minimum absolute atomic E-state index is 0.244. The van der Waals surface area contributed by atoms with Gasteiger partial charge in [-0.3, -0.25) is 4.79 Å². The van der Waals surface area contributed by atoms with Gasteiger partial charge < -0.3 is 19.6 Å². The largest absolute Gasteiger partial charge is 0.480 e. The minimum atomic E-state index is -0.960. The van der Waals surface area contributed by atoms with E-state index in [1.165, 1.54) is 16.9 Å². The molecule has 0 aromatic rings. The number of urea groups is 1. The Bertz CT molecular complexity index is 399. The predicted molar refractivity (Wildman–Crippen MR) is 75.8 cm³/mol. The first-order valence-corrected chi connectivity index (χ1v) is 7.18. The topological polar surface area (TPSA) is 87.2 Å². The molecule has 120 valence electrons. The highest BCUT2D eigenvalue weighted by Gasteiger charge is 2.35. The highest BCUT2D eigenvalue weighted by molar-refractivity contribution is 5.82. The van der Waals surface area contributed by atoms with Crippen molar-refractivity contribution < 1.29 is 24.2 Å². The lowest BCUT2D eigenvalue weighted by molar-refractivity contribution is -0.144. The van der Waals surface area contributed by atoms with Gasteiger partial charge in [-0.25, -0.2) is 9.59 Å². The molecule has 0 radical (unpaired) electrons. The summed E-state index contributed by atoms with van der Waals surface area (Å²) in [5, 5.41) is 9.26. The van der Waals surface area contributed by atoms with Gasteiger partial charge in [0.1, 0.15) is 6.04 Å². The van der Waals surface area contributed by atoms with Gasteiger partial charge in [0.05, 0.1) is 7.11 Å². The van der Waals surface area contributed by atoms with Crippen LogP contribution in [0.5, 0.6) is 0 Å². The normalized spacial score (nSPS) is 21.8. The third kappa shape index (κ3) is 4.91. The molecule has 21 heavy (non-hydrogen) atoms. The number of aliphatic carboxylic acids is 1. The molecule has 0 spiro atoms. The van der Waals surface area contributed by atoms with Gasteiger partial charge in [0.2, 0.25) is 0 Å². The number of carbonyl (C=O) groups is 3. The van der Waals surface area contributed by atoms with Crippen LogP contribution in [0.3, 0.4) is 0 Å². The number of ether oxygens (including phenoxy) is 1. The fourth-order valence-corrected chi connectivity index (χ4v) is 2.48. The van der Waals surface area contributed by atoms with Crippen molar-refractivity contribution in [1.82, 2.24) is 9.80 Å². The van der Waals surface area contributed by atoms with Crippen molar-refractivity contribution in [3.05, 3.63) is 0 Å². The summed E-state index contributed by atoms with van der Waals surface area (Å²) in [6.07, 6.45) is 2.03. The van der Waals surface area contributed by atoms with Crippen LogP contribution in [-0.2, 0) is 14.3 Å². The van der Waals surface area contributed by atoms with Crippen LogP contribution in [0.2, 0.25) is 0 Å². The maximum atomic E-state index is 12.3. The zero-order valence-electron chi connectivity index (χ0n) is 12.9. The van der Waals surface area contributed by atoms with Gasteiger partial charge in [0.15, 0.2) is 0 Å². The smallest absolute Gasteiger partial charge is 0.326 e. The van der Waals surface area contributed by atoms with Gasteiger partial charge in [-0.15, -0.1) is 0 Å². The summed E-state index contributed by atoms with van der Waals surface area (Å²) in [5.41, 5.74) is 0. The number of esters is 1. The van der Waals surface area contributed by atoms with Crippen LogP contribution >= 0.6 is 0 Å². The summed E-state index contributed by atoms with van der Waals surface area (Å²) in [6.45, 7) is 2.85. The molecule has 7 nitrogen and oxygen atoms in total. The van der Waals surface area contributed by atoms with E-state index < -0.39 is 12.0 Å². The predicted octanol–water partition coefficient (Wildman–Crippen LogP) is 1.18. The summed E-state index contributed by atoms with van der Waals surface area (Å²) >= 11 is 0. The molecule has 1 N–H and O–H groups in total. The number of carboxylic acid groups (broad SMARTS) is 1. The maximum Gasteiger partial charge on any atom is 0.326 e. The van der Waals surface area contributed by atoms with Crippen molar-refractivity contribution in [1.29, 1.82) is 0 Å². The number of nitrogens with zero attached hydrogens (tertiary/aromatic N) is 2. The maximum absolute atomic E-state index is 12.3. The second-order valence-electron chi connectivity index (χ2n) is 5.56. The summed E-state index contributed by atoms with van der Waals surface area (Å²) in [6, 6.07) is -1.05. The molecule has 0 saturated carbocycles. The quantitative estimate of drug-likeness (QED) is 0.770.